The standard InChI is InChI=1S/2C52H33N3O2/c1-3-14-35(15-4-1)49-53-50(36-16-5-2-6-17-36)55-51(54-49)38-19-13-18-37(32-38)34-26-28-39(29-27-34)52(43-22-9-7-20-41(43)42-21-8-10-23-44(42)52)40-30-31-47-48(33-40)57-46-25-12-11-24-45(46)56-47;1-3-13-36(14-4-1)49-53-50(37-15-5-2-6-16-37)55-51(54-49)38-25-23-34(24-26-38)35-27-29-39(30-28-35)52(43-19-9-7-17-41(43)42-18-8-10-20-44(42)52)40-31-32-47-48(33-40)57-46-22-12-11-21-45(46)56-47/h2*1-33H. The van der Waals surface area contributed by atoms with Crippen LogP contribution in [0.3, 0.4) is 0 Å². The molecule has 10 nitrogen and oxygen atoms in total. The van der Waals surface area contributed by atoms with Gasteiger partial charge < -0.3 is 18.9 Å². The van der Waals surface area contributed by atoms with E-state index in [1.54, 1.807) is 0 Å². The Morgan fingerprint density at radius 1 is 0.149 bits per heavy atom. The molecule has 0 radical (unpaired) electrons. The van der Waals surface area contributed by atoms with Gasteiger partial charge in [-0.05, 0) is 144 Å². The van der Waals surface area contributed by atoms with Gasteiger partial charge in [-0.15, -0.1) is 0 Å². The van der Waals surface area contributed by atoms with Gasteiger partial charge in [0.25, 0.3) is 0 Å². The summed E-state index contributed by atoms with van der Waals surface area (Å²) in [5.41, 5.74) is 23.2. The molecule has 22 rings (SSSR count). The van der Waals surface area contributed by atoms with Crippen molar-refractivity contribution >= 4 is 0 Å². The van der Waals surface area contributed by atoms with Crippen LogP contribution in [0.5, 0.6) is 46.0 Å². The van der Waals surface area contributed by atoms with Crippen LogP contribution in [0.25, 0.3) is 113 Å². The van der Waals surface area contributed by atoms with E-state index in [1.807, 2.05) is 182 Å². The van der Waals surface area contributed by atoms with Crippen molar-refractivity contribution in [2.45, 2.75) is 10.8 Å². The Bertz CT molecular complexity index is 6520. The van der Waals surface area contributed by atoms with E-state index in [4.69, 9.17) is 48.9 Å². The number of nitrogens with zero attached hydrogens (tertiary/aromatic N) is 6. The van der Waals surface area contributed by atoms with Gasteiger partial charge in [0.2, 0.25) is 0 Å². The molecule has 10 heteroatoms. The van der Waals surface area contributed by atoms with Gasteiger partial charge in [0, 0.05) is 33.4 Å². The zero-order valence-corrected chi connectivity index (χ0v) is 61.4. The van der Waals surface area contributed by atoms with Gasteiger partial charge in [-0.2, -0.15) is 0 Å². The summed E-state index contributed by atoms with van der Waals surface area (Å²) in [4.78, 5) is 29.6. The van der Waals surface area contributed by atoms with E-state index in [9.17, 15) is 0 Å². The fraction of sp³-hybridized carbons (Fsp3) is 0.0192. The first kappa shape index (κ1) is 66.9. The molecule has 0 atom stereocenters. The van der Waals surface area contributed by atoms with Crippen molar-refractivity contribution in [3.63, 3.8) is 0 Å². The number of aromatic nitrogens is 6. The maximum absolute atomic E-state index is 6.48. The summed E-state index contributed by atoms with van der Waals surface area (Å²) in [5.74, 6) is 9.48. The molecule has 0 fully saturated rings. The van der Waals surface area contributed by atoms with Gasteiger partial charge in [0.05, 0.1) is 10.8 Å². The number of benzene rings is 16. The number of hydrogen-bond donors (Lipinski definition) is 0. The van der Waals surface area contributed by atoms with E-state index in [-0.39, 0.29) is 0 Å². The molecule has 0 amide bonds. The number of fused-ring (bicyclic) bond motifs is 10. The Balaban J connectivity index is 0.000000143. The van der Waals surface area contributed by atoms with E-state index < -0.39 is 10.8 Å². The number of ether oxygens (including phenoxy) is 4. The van der Waals surface area contributed by atoms with Gasteiger partial charge in [-0.3, -0.25) is 0 Å². The van der Waals surface area contributed by atoms with Crippen molar-refractivity contribution < 1.29 is 18.9 Å². The van der Waals surface area contributed by atoms with E-state index in [2.05, 4.69) is 218 Å². The average molecular weight is 1460 g/mol. The molecule has 0 saturated heterocycles. The topological polar surface area (TPSA) is 114 Å². The predicted octanol–water partition coefficient (Wildman–Crippen LogP) is 25.6. The monoisotopic (exact) mass is 1460 g/mol. The minimum Gasteiger partial charge on any atom is -0.450 e. The Labute approximate surface area is 659 Å². The summed E-state index contributed by atoms with van der Waals surface area (Å²) in [6, 6.07) is 139. The molecule has 2 aliphatic heterocycles. The smallest absolute Gasteiger partial charge is 0.170 e. The van der Waals surface area contributed by atoms with Crippen molar-refractivity contribution in [1.29, 1.82) is 0 Å². The summed E-state index contributed by atoms with van der Waals surface area (Å²) in [6.45, 7) is 0. The first-order chi connectivity index (χ1) is 56.4. The number of hydrogen-bond acceptors (Lipinski definition) is 10. The van der Waals surface area contributed by atoms with Crippen molar-refractivity contribution in [1.82, 2.24) is 29.9 Å². The molecule has 2 aromatic heterocycles. The third kappa shape index (κ3) is 11.6. The number of rotatable bonds is 12. The Morgan fingerprint density at radius 3 is 0.719 bits per heavy atom. The lowest BCUT2D eigenvalue weighted by molar-refractivity contribution is 0.359. The molecule has 4 heterocycles. The van der Waals surface area contributed by atoms with Gasteiger partial charge in [-0.1, -0.05) is 346 Å². The zero-order chi connectivity index (χ0) is 75.5. The van der Waals surface area contributed by atoms with Crippen molar-refractivity contribution in [2.75, 3.05) is 0 Å². The second-order valence-electron chi connectivity index (χ2n) is 28.7. The largest absolute Gasteiger partial charge is 0.450 e. The van der Waals surface area contributed by atoms with Crippen molar-refractivity contribution in [3.8, 4) is 159 Å². The molecule has 0 unspecified atom stereocenters. The summed E-state index contributed by atoms with van der Waals surface area (Å²) >= 11 is 0. The lowest BCUT2D eigenvalue weighted by atomic mass is 9.67. The van der Waals surface area contributed by atoms with E-state index in [1.165, 1.54) is 50.1 Å². The molecule has 0 bridgehead atoms. The summed E-state index contributed by atoms with van der Waals surface area (Å²) in [6.07, 6.45) is 0. The second kappa shape index (κ2) is 28.0. The lowest BCUT2D eigenvalue weighted by Gasteiger charge is -2.34. The van der Waals surface area contributed by atoms with E-state index in [0.717, 1.165) is 78.1 Å². The minimum absolute atomic E-state index is 0.587. The van der Waals surface area contributed by atoms with Crippen LogP contribution in [0.4, 0.5) is 0 Å². The Hall–Kier alpha value is -15.3. The van der Waals surface area contributed by atoms with Gasteiger partial charge in [0.1, 0.15) is 0 Å². The zero-order valence-electron chi connectivity index (χ0n) is 61.4. The third-order valence-electron chi connectivity index (χ3n) is 22.2. The molecule has 0 N–H and O–H groups in total. The molecular formula is C104H66N6O4. The van der Waals surface area contributed by atoms with Crippen molar-refractivity contribution in [3.05, 3.63) is 445 Å². The van der Waals surface area contributed by atoms with E-state index >= 15 is 0 Å². The molecule has 0 spiro atoms. The minimum atomic E-state index is -0.602. The summed E-state index contributed by atoms with van der Waals surface area (Å²) < 4.78 is 25.5. The SMILES string of the molecule is c1ccc(-c2nc(-c3ccccc3)nc(-c3ccc(-c4ccc(C5(c6ccc7c(c6)Oc6ccccc6O7)c6ccccc6-c6ccccc65)cc4)cc3)n2)cc1.c1ccc(-c2nc(-c3ccccc3)nc(-c3cccc(-c4ccc(C5(c6ccc7c(c6)Oc6ccccc6O7)c6ccccc6-c6ccccc65)cc4)c3)n2)cc1. The predicted molar refractivity (Wildman–Crippen MR) is 451 cm³/mol. The highest BCUT2D eigenvalue weighted by molar-refractivity contribution is 5.89. The third-order valence-corrected chi connectivity index (χ3v) is 22.2. The summed E-state index contributed by atoms with van der Waals surface area (Å²) in [7, 11) is 0. The molecule has 4 aliphatic rings. The lowest BCUT2D eigenvalue weighted by Crippen LogP contribution is -2.28. The molecule has 114 heavy (non-hydrogen) atoms. The molecule has 18 aromatic rings. The van der Waals surface area contributed by atoms with Crippen LogP contribution >= 0.6 is 0 Å². The summed E-state index contributed by atoms with van der Waals surface area (Å²) in [5, 5.41) is 0. The van der Waals surface area contributed by atoms with Crippen LogP contribution in [-0.4, -0.2) is 29.9 Å². The highest BCUT2D eigenvalue weighted by atomic mass is 16.6. The molecule has 536 valence electrons. The molecule has 2 aliphatic carbocycles. The molecule has 16 aromatic carbocycles. The van der Waals surface area contributed by atoms with Crippen molar-refractivity contribution in [2.24, 2.45) is 0 Å². The van der Waals surface area contributed by atoms with E-state index in [0.29, 0.717) is 75.2 Å². The maximum Gasteiger partial charge on any atom is 0.170 e. The van der Waals surface area contributed by atoms with Gasteiger partial charge in [-0.25, -0.2) is 29.9 Å². The van der Waals surface area contributed by atoms with Crippen LogP contribution in [0.15, 0.2) is 400 Å². The molecular weight excluding hydrogens is 1400 g/mol. The van der Waals surface area contributed by atoms with Crippen LogP contribution in [0.1, 0.15) is 44.5 Å². The molecule has 0 saturated carbocycles. The van der Waals surface area contributed by atoms with Crippen LogP contribution < -0.4 is 18.9 Å². The fourth-order valence-corrected chi connectivity index (χ4v) is 16.9. The van der Waals surface area contributed by atoms with Gasteiger partial charge >= 0.3 is 0 Å². The number of para-hydroxylation sites is 4. The van der Waals surface area contributed by atoms with Gasteiger partial charge in [0.15, 0.2) is 80.9 Å². The maximum atomic E-state index is 6.48. The normalized spacial score (nSPS) is 13.0. The second-order valence-corrected chi connectivity index (χ2v) is 28.7. The highest BCUT2D eigenvalue weighted by Crippen LogP contribution is 2.60. The quantitative estimate of drug-likeness (QED) is 0.117. The first-order valence-corrected chi connectivity index (χ1v) is 38.2. The van der Waals surface area contributed by atoms with Crippen LogP contribution in [0.2, 0.25) is 0 Å². The fourth-order valence-electron chi connectivity index (χ4n) is 16.9. The van der Waals surface area contributed by atoms with Crippen LogP contribution in [-0.2, 0) is 10.8 Å². The average Bonchev–Trinajstić information content (AvgIpc) is 1.54. The Kier molecular flexibility index (Phi) is 16.4. The Morgan fingerprint density at radius 2 is 0.377 bits per heavy atom. The highest BCUT2D eigenvalue weighted by Gasteiger charge is 2.48. The van der Waals surface area contributed by atoms with Crippen LogP contribution in [0, 0.1) is 0 Å². The first-order valence-electron chi connectivity index (χ1n) is 38.2.